The lowest BCUT2D eigenvalue weighted by molar-refractivity contribution is -0.114. The van der Waals surface area contributed by atoms with E-state index in [0.717, 1.165) is 29.2 Å². The van der Waals surface area contributed by atoms with Crippen molar-refractivity contribution < 1.29 is 19.0 Å². The lowest BCUT2D eigenvalue weighted by Crippen LogP contribution is -2.35. The van der Waals surface area contributed by atoms with Crippen LogP contribution in [0.5, 0.6) is 17.2 Å². The van der Waals surface area contributed by atoms with E-state index < -0.39 is 5.91 Å². The molecule has 0 unspecified atom stereocenters. The van der Waals surface area contributed by atoms with Crippen molar-refractivity contribution in [2.45, 2.75) is 33.6 Å². The molecule has 2 aromatic rings. The SMILES string of the molecule is CCCC1=NN2C(=N)/C(=C/c3ccc(OCCOc4cccc(C)c4)c(OCC)c3)C(=O)N=C2S1. The summed E-state index contributed by atoms with van der Waals surface area (Å²) in [5.41, 5.74) is 2.02. The quantitative estimate of drug-likeness (QED) is 0.358. The number of amides is 1. The molecular formula is C26H28N4O4S. The van der Waals surface area contributed by atoms with Crippen LogP contribution in [0.15, 0.2) is 58.1 Å². The first-order valence-corrected chi connectivity index (χ1v) is 12.4. The number of ether oxygens (including phenoxy) is 3. The Morgan fingerprint density at radius 2 is 1.89 bits per heavy atom. The lowest BCUT2D eigenvalue weighted by Gasteiger charge is -2.20. The maximum Gasteiger partial charge on any atom is 0.283 e. The maximum absolute atomic E-state index is 12.6. The first-order chi connectivity index (χ1) is 17.0. The number of nitrogens with zero attached hydrogens (tertiary/aromatic N) is 3. The number of benzene rings is 2. The number of amidine groups is 2. The van der Waals surface area contributed by atoms with Crippen LogP contribution in [0.3, 0.4) is 0 Å². The van der Waals surface area contributed by atoms with Crippen LogP contribution >= 0.6 is 11.8 Å². The zero-order chi connectivity index (χ0) is 24.8. The lowest BCUT2D eigenvalue weighted by atomic mass is 10.1. The third-order valence-electron chi connectivity index (χ3n) is 5.14. The fourth-order valence-electron chi connectivity index (χ4n) is 3.53. The number of aryl methyl sites for hydroxylation is 1. The number of rotatable bonds is 10. The zero-order valence-electron chi connectivity index (χ0n) is 20.0. The Hall–Kier alpha value is -3.59. The Balaban J connectivity index is 1.46. The van der Waals surface area contributed by atoms with Gasteiger partial charge in [0.1, 0.15) is 24.0 Å². The normalized spacial score (nSPS) is 16.2. The fourth-order valence-corrected chi connectivity index (χ4v) is 4.52. The van der Waals surface area contributed by atoms with Crippen LogP contribution in [0.2, 0.25) is 0 Å². The van der Waals surface area contributed by atoms with Crippen LogP contribution in [0.4, 0.5) is 0 Å². The molecule has 0 fully saturated rings. The largest absolute Gasteiger partial charge is 0.490 e. The van der Waals surface area contributed by atoms with E-state index in [2.05, 4.69) is 17.0 Å². The first-order valence-electron chi connectivity index (χ1n) is 11.6. The monoisotopic (exact) mass is 492 g/mol. The molecule has 8 nitrogen and oxygen atoms in total. The topological polar surface area (TPSA) is 96.6 Å². The number of aliphatic imine (C=N–C) groups is 1. The average molecular weight is 493 g/mol. The molecule has 1 N–H and O–H groups in total. The summed E-state index contributed by atoms with van der Waals surface area (Å²) in [6.45, 7) is 7.16. The van der Waals surface area contributed by atoms with E-state index in [1.807, 2.05) is 44.2 Å². The van der Waals surface area contributed by atoms with E-state index in [0.29, 0.717) is 42.1 Å². The Morgan fingerprint density at radius 1 is 1.06 bits per heavy atom. The summed E-state index contributed by atoms with van der Waals surface area (Å²) in [7, 11) is 0. The minimum atomic E-state index is -0.451. The summed E-state index contributed by atoms with van der Waals surface area (Å²) in [6, 6.07) is 13.3. The van der Waals surface area contributed by atoms with Gasteiger partial charge in [0.2, 0.25) is 5.17 Å². The summed E-state index contributed by atoms with van der Waals surface area (Å²) < 4.78 is 17.4. The second-order valence-electron chi connectivity index (χ2n) is 7.92. The van der Waals surface area contributed by atoms with E-state index >= 15 is 0 Å². The number of thioether (sulfide) groups is 1. The Bertz CT molecular complexity index is 1220. The molecule has 2 aromatic carbocycles. The van der Waals surface area contributed by atoms with Crippen molar-refractivity contribution in [2.75, 3.05) is 19.8 Å². The number of nitrogens with one attached hydrogen (secondary N) is 1. The highest BCUT2D eigenvalue weighted by molar-refractivity contribution is 8.26. The molecule has 0 saturated carbocycles. The number of hydrazone groups is 1. The van der Waals surface area contributed by atoms with Crippen molar-refractivity contribution >= 4 is 39.8 Å². The summed E-state index contributed by atoms with van der Waals surface area (Å²) in [6.07, 6.45) is 3.36. The molecule has 0 saturated heterocycles. The van der Waals surface area contributed by atoms with Gasteiger partial charge in [-0.25, -0.2) is 0 Å². The summed E-state index contributed by atoms with van der Waals surface area (Å²) in [5.74, 6) is 1.50. The van der Waals surface area contributed by atoms with Gasteiger partial charge >= 0.3 is 0 Å². The van der Waals surface area contributed by atoms with E-state index in [-0.39, 0.29) is 11.4 Å². The van der Waals surface area contributed by atoms with Gasteiger partial charge in [-0.15, -0.1) is 0 Å². The standard InChI is InChI=1S/C26H28N4O4S/c1-4-7-23-29-30-24(27)20(25(31)28-26(30)35-23)15-18-10-11-21(22(16-18)32-5-2)34-13-12-33-19-9-6-8-17(3)14-19/h6,8-11,14-16,27H,4-5,7,12-13H2,1-3H3/b20-15-,27-24?. The Morgan fingerprint density at radius 3 is 2.66 bits per heavy atom. The van der Waals surface area contributed by atoms with Gasteiger partial charge in [0.15, 0.2) is 17.3 Å². The number of carbonyl (C=O) groups excluding carboxylic acids is 1. The summed E-state index contributed by atoms with van der Waals surface area (Å²) in [5, 5.41) is 15.7. The molecule has 182 valence electrons. The number of hydrogen-bond acceptors (Lipinski definition) is 7. The van der Waals surface area contributed by atoms with Crippen LogP contribution in [0.25, 0.3) is 6.08 Å². The van der Waals surface area contributed by atoms with Crippen LogP contribution < -0.4 is 14.2 Å². The van der Waals surface area contributed by atoms with Crippen molar-refractivity contribution in [3.8, 4) is 17.2 Å². The molecule has 9 heteroatoms. The van der Waals surface area contributed by atoms with Crippen LogP contribution in [0.1, 0.15) is 37.8 Å². The molecule has 35 heavy (non-hydrogen) atoms. The zero-order valence-corrected chi connectivity index (χ0v) is 20.9. The molecule has 2 heterocycles. The molecule has 0 radical (unpaired) electrons. The van der Waals surface area contributed by atoms with E-state index in [4.69, 9.17) is 19.6 Å². The highest BCUT2D eigenvalue weighted by Crippen LogP contribution is 2.32. The molecule has 0 aromatic heterocycles. The highest BCUT2D eigenvalue weighted by atomic mass is 32.2. The predicted molar refractivity (Wildman–Crippen MR) is 140 cm³/mol. The van der Waals surface area contributed by atoms with E-state index in [9.17, 15) is 4.79 Å². The molecule has 0 spiro atoms. The van der Waals surface area contributed by atoms with Gasteiger partial charge in [-0.1, -0.05) is 25.1 Å². The Labute approximate surface area is 209 Å². The second-order valence-corrected chi connectivity index (χ2v) is 8.96. The van der Waals surface area contributed by atoms with Crippen LogP contribution in [0, 0.1) is 12.3 Å². The molecular weight excluding hydrogens is 464 g/mol. The van der Waals surface area contributed by atoms with Gasteiger partial charge in [0.05, 0.1) is 12.2 Å². The van der Waals surface area contributed by atoms with Crippen molar-refractivity contribution in [3.63, 3.8) is 0 Å². The van der Waals surface area contributed by atoms with Gasteiger partial charge in [-0.3, -0.25) is 10.2 Å². The number of hydrogen-bond donors (Lipinski definition) is 1. The van der Waals surface area contributed by atoms with Crippen molar-refractivity contribution in [1.29, 1.82) is 5.41 Å². The first kappa shape index (κ1) is 24.5. The molecule has 0 bridgehead atoms. The molecule has 2 aliphatic heterocycles. The summed E-state index contributed by atoms with van der Waals surface area (Å²) in [4.78, 5) is 16.8. The minimum absolute atomic E-state index is 0.0187. The van der Waals surface area contributed by atoms with Crippen LogP contribution in [-0.2, 0) is 4.79 Å². The fraction of sp³-hybridized carbons (Fsp3) is 0.308. The summed E-state index contributed by atoms with van der Waals surface area (Å²) >= 11 is 1.34. The smallest absolute Gasteiger partial charge is 0.283 e. The van der Waals surface area contributed by atoms with Gasteiger partial charge in [-0.05, 0) is 79.9 Å². The maximum atomic E-state index is 12.6. The minimum Gasteiger partial charge on any atom is -0.490 e. The third kappa shape index (κ3) is 5.92. The third-order valence-corrected chi connectivity index (χ3v) is 6.11. The molecule has 2 aliphatic rings. The van der Waals surface area contributed by atoms with Gasteiger partial charge in [0, 0.05) is 0 Å². The van der Waals surface area contributed by atoms with Gasteiger partial charge < -0.3 is 14.2 Å². The predicted octanol–water partition coefficient (Wildman–Crippen LogP) is 5.27. The van der Waals surface area contributed by atoms with Crippen molar-refractivity contribution in [3.05, 3.63) is 59.2 Å². The van der Waals surface area contributed by atoms with Crippen LogP contribution in [-0.4, -0.2) is 46.8 Å². The highest BCUT2D eigenvalue weighted by Gasteiger charge is 2.35. The van der Waals surface area contributed by atoms with Crippen molar-refractivity contribution in [2.24, 2.45) is 10.1 Å². The van der Waals surface area contributed by atoms with Gasteiger partial charge in [0.25, 0.3) is 5.91 Å². The Kier molecular flexibility index (Phi) is 7.87. The molecule has 1 amide bonds. The van der Waals surface area contributed by atoms with E-state index in [1.165, 1.54) is 16.8 Å². The van der Waals surface area contributed by atoms with Gasteiger partial charge in [-0.2, -0.15) is 15.1 Å². The number of fused-ring (bicyclic) bond motifs is 1. The van der Waals surface area contributed by atoms with E-state index in [1.54, 1.807) is 18.2 Å². The molecule has 0 atom stereocenters. The molecule has 4 rings (SSSR count). The number of carbonyl (C=O) groups is 1. The average Bonchev–Trinajstić information content (AvgIpc) is 3.23. The molecule has 0 aliphatic carbocycles. The second kappa shape index (κ2) is 11.2. The van der Waals surface area contributed by atoms with Crippen molar-refractivity contribution in [1.82, 2.24) is 5.01 Å².